The fraction of sp³-hybridized carbons (Fsp3) is 0.333. The lowest BCUT2D eigenvalue weighted by Gasteiger charge is -1.97. The van der Waals surface area contributed by atoms with Gasteiger partial charge in [0, 0.05) is 0 Å². The molecule has 0 atom stereocenters. The van der Waals surface area contributed by atoms with Gasteiger partial charge in [-0.15, -0.1) is 0 Å². The number of hydrogen-bond donors (Lipinski definition) is 0. The maximum Gasteiger partial charge on any atom is -0.0184 e. The van der Waals surface area contributed by atoms with Crippen LogP contribution >= 0.6 is 0 Å². The third-order valence-corrected chi connectivity index (χ3v) is 3.50. The molecule has 0 heterocycles. The van der Waals surface area contributed by atoms with E-state index in [1.165, 1.54) is 21.9 Å². The van der Waals surface area contributed by atoms with Crippen LogP contribution in [-0.2, 0) is 12.8 Å². The second-order valence-electron chi connectivity index (χ2n) is 4.87. The van der Waals surface area contributed by atoms with Crippen molar-refractivity contribution in [1.29, 1.82) is 0 Å². The first kappa shape index (κ1) is 21.9. The van der Waals surface area contributed by atoms with E-state index < -0.39 is 0 Å². The Kier molecular flexibility index (Phi) is 13.3. The molecule has 0 saturated heterocycles. The number of hydrogen-bond acceptors (Lipinski definition) is 0. The van der Waals surface area contributed by atoms with Gasteiger partial charge in [0.2, 0.25) is 0 Å². The number of benzene rings is 3. The molecule has 130 valence electrons. The summed E-state index contributed by atoms with van der Waals surface area (Å²) in [6.07, 6.45) is 2.29. The summed E-state index contributed by atoms with van der Waals surface area (Å²) < 4.78 is 0. The molecule has 0 N–H and O–H groups in total. The maximum absolute atomic E-state index is 2.21. The number of aryl methyl sites for hydroxylation is 2. The van der Waals surface area contributed by atoms with Crippen LogP contribution in [0.1, 0.15) is 52.7 Å². The van der Waals surface area contributed by atoms with Gasteiger partial charge in [0.05, 0.1) is 0 Å². The first-order valence-electron chi connectivity index (χ1n) is 9.35. The van der Waals surface area contributed by atoms with E-state index in [1.807, 2.05) is 27.7 Å². The summed E-state index contributed by atoms with van der Waals surface area (Å²) in [5.41, 5.74) is 2.86. The monoisotopic (exact) mass is 322 g/mol. The predicted octanol–water partition coefficient (Wildman–Crippen LogP) is 7.70. The molecule has 0 fully saturated rings. The smallest absolute Gasteiger partial charge is 0.0184 e. The third-order valence-electron chi connectivity index (χ3n) is 3.50. The molecule has 0 aliphatic carbocycles. The van der Waals surface area contributed by atoms with Crippen molar-refractivity contribution in [2.45, 2.75) is 54.4 Å². The molecule has 3 rings (SSSR count). The van der Waals surface area contributed by atoms with Gasteiger partial charge < -0.3 is 0 Å². The largest absolute Gasteiger partial charge is 0.0683 e. The quantitative estimate of drug-likeness (QED) is 0.453. The van der Waals surface area contributed by atoms with Crippen LogP contribution in [0.2, 0.25) is 0 Å². The molecule has 0 radical (unpaired) electrons. The molecule has 0 spiro atoms. The number of fused-ring (bicyclic) bond motifs is 1. The highest BCUT2D eigenvalue weighted by molar-refractivity contribution is 5.81. The molecular formula is C24H34. The van der Waals surface area contributed by atoms with E-state index in [9.17, 15) is 0 Å². The van der Waals surface area contributed by atoms with Crippen LogP contribution in [0.3, 0.4) is 0 Å². The van der Waals surface area contributed by atoms with E-state index in [2.05, 4.69) is 86.6 Å². The molecule has 0 saturated carbocycles. The van der Waals surface area contributed by atoms with Gasteiger partial charge >= 0.3 is 0 Å². The van der Waals surface area contributed by atoms with Crippen LogP contribution in [0.15, 0.2) is 72.8 Å². The minimum Gasteiger partial charge on any atom is -0.0683 e. The van der Waals surface area contributed by atoms with Crippen LogP contribution in [-0.4, -0.2) is 0 Å². The van der Waals surface area contributed by atoms with Gasteiger partial charge in [-0.3, -0.25) is 0 Å². The highest BCUT2D eigenvalue weighted by atomic mass is 13.9. The standard InChI is InChI=1S/C10H8.C10H14.2C2H6/c1-2-6-10-8-4-3-7-9(10)5-1;1-3-9-5-7-10(4-2)8-6-9;2*1-2/h1-8H;5-8H,3-4H2,1-2H3;2*1-2H3. The van der Waals surface area contributed by atoms with E-state index in [1.54, 1.807) is 0 Å². The van der Waals surface area contributed by atoms with Crippen LogP contribution in [0.25, 0.3) is 10.8 Å². The van der Waals surface area contributed by atoms with Crippen molar-refractivity contribution < 1.29 is 0 Å². The zero-order chi connectivity index (χ0) is 18.2. The van der Waals surface area contributed by atoms with E-state index in [0.717, 1.165) is 12.8 Å². The maximum atomic E-state index is 2.21. The normalized spacial score (nSPS) is 8.75. The first-order valence-corrected chi connectivity index (χ1v) is 9.35. The molecule has 0 unspecified atom stereocenters. The second-order valence-corrected chi connectivity index (χ2v) is 4.87. The van der Waals surface area contributed by atoms with Gasteiger partial charge in [0.1, 0.15) is 0 Å². The lowest BCUT2D eigenvalue weighted by Crippen LogP contribution is -1.81. The zero-order valence-electron chi connectivity index (χ0n) is 16.3. The van der Waals surface area contributed by atoms with Gasteiger partial charge in [-0.1, -0.05) is 114 Å². The molecule has 3 aromatic rings. The van der Waals surface area contributed by atoms with Crippen LogP contribution in [0.4, 0.5) is 0 Å². The van der Waals surface area contributed by atoms with E-state index in [-0.39, 0.29) is 0 Å². The van der Waals surface area contributed by atoms with Gasteiger partial charge in [-0.05, 0) is 34.7 Å². The molecule has 0 amide bonds. The Morgan fingerprint density at radius 3 is 0.917 bits per heavy atom. The van der Waals surface area contributed by atoms with Crippen molar-refractivity contribution >= 4 is 10.8 Å². The highest BCUT2D eigenvalue weighted by Gasteiger charge is 1.88. The molecule has 0 aliphatic heterocycles. The summed E-state index contributed by atoms with van der Waals surface area (Å²) in [5.74, 6) is 0. The summed E-state index contributed by atoms with van der Waals surface area (Å²) in [6.45, 7) is 12.4. The Morgan fingerprint density at radius 1 is 0.458 bits per heavy atom. The minimum absolute atomic E-state index is 1.14. The van der Waals surface area contributed by atoms with Crippen molar-refractivity contribution in [3.05, 3.63) is 83.9 Å². The topological polar surface area (TPSA) is 0 Å². The summed E-state index contributed by atoms with van der Waals surface area (Å²) in [7, 11) is 0. The van der Waals surface area contributed by atoms with Crippen molar-refractivity contribution in [3.63, 3.8) is 0 Å². The van der Waals surface area contributed by atoms with Crippen molar-refractivity contribution in [2.75, 3.05) is 0 Å². The molecule has 0 aromatic heterocycles. The second kappa shape index (κ2) is 14.5. The minimum atomic E-state index is 1.14. The van der Waals surface area contributed by atoms with Crippen molar-refractivity contribution in [2.24, 2.45) is 0 Å². The van der Waals surface area contributed by atoms with Gasteiger partial charge in [0.25, 0.3) is 0 Å². The molecule has 0 nitrogen and oxygen atoms in total. The lowest BCUT2D eigenvalue weighted by atomic mass is 10.1. The average Bonchev–Trinajstić information content (AvgIpc) is 2.71. The van der Waals surface area contributed by atoms with Crippen LogP contribution < -0.4 is 0 Å². The Balaban J connectivity index is 0.000000366. The van der Waals surface area contributed by atoms with Gasteiger partial charge in [-0.25, -0.2) is 0 Å². The van der Waals surface area contributed by atoms with E-state index in [0.29, 0.717) is 0 Å². The van der Waals surface area contributed by atoms with Crippen LogP contribution in [0, 0.1) is 0 Å². The molecule has 24 heavy (non-hydrogen) atoms. The lowest BCUT2D eigenvalue weighted by molar-refractivity contribution is 1.10. The van der Waals surface area contributed by atoms with Gasteiger partial charge in [-0.2, -0.15) is 0 Å². The summed E-state index contributed by atoms with van der Waals surface area (Å²) in [5, 5.41) is 2.62. The summed E-state index contributed by atoms with van der Waals surface area (Å²) >= 11 is 0. The predicted molar refractivity (Wildman–Crippen MR) is 112 cm³/mol. The van der Waals surface area contributed by atoms with Crippen LogP contribution in [0.5, 0.6) is 0 Å². The fourth-order valence-electron chi connectivity index (χ4n) is 2.14. The molecule has 0 heteroatoms. The fourth-order valence-corrected chi connectivity index (χ4v) is 2.14. The first-order chi connectivity index (χ1) is 11.8. The SMILES string of the molecule is CC.CC.CCc1ccc(CC)cc1.c1ccc2ccccc2c1. The molecule has 3 aromatic carbocycles. The Hall–Kier alpha value is -2.08. The van der Waals surface area contributed by atoms with Gasteiger partial charge in [0.15, 0.2) is 0 Å². The summed E-state index contributed by atoms with van der Waals surface area (Å²) in [6, 6.07) is 25.5. The zero-order valence-corrected chi connectivity index (χ0v) is 16.3. The summed E-state index contributed by atoms with van der Waals surface area (Å²) in [4.78, 5) is 0. The molecule has 0 aliphatic rings. The third kappa shape index (κ3) is 7.97. The average molecular weight is 323 g/mol. The van der Waals surface area contributed by atoms with Crippen molar-refractivity contribution in [1.82, 2.24) is 0 Å². The molecule has 0 bridgehead atoms. The number of rotatable bonds is 2. The molecular weight excluding hydrogens is 288 g/mol. The van der Waals surface area contributed by atoms with E-state index in [4.69, 9.17) is 0 Å². The van der Waals surface area contributed by atoms with Crippen molar-refractivity contribution in [3.8, 4) is 0 Å². The highest BCUT2D eigenvalue weighted by Crippen LogP contribution is 2.11. The Bertz CT molecular complexity index is 547. The Morgan fingerprint density at radius 2 is 0.708 bits per heavy atom. The van der Waals surface area contributed by atoms with E-state index >= 15 is 0 Å². The Labute approximate surface area is 149 Å².